The maximum atomic E-state index is 13.1. The molecule has 0 unspecified atom stereocenters. The zero-order chi connectivity index (χ0) is 23.3. The quantitative estimate of drug-likeness (QED) is 0.267. The highest BCUT2D eigenvalue weighted by Gasteiger charge is 2.30. The van der Waals surface area contributed by atoms with E-state index in [2.05, 4.69) is 61.5 Å². The average molecular weight is 445 g/mol. The van der Waals surface area contributed by atoms with E-state index < -0.39 is 11.7 Å². The Labute approximate surface area is 193 Å². The van der Waals surface area contributed by atoms with Crippen LogP contribution in [0.2, 0.25) is 0 Å². The number of fused-ring (bicyclic) bond motifs is 1. The summed E-state index contributed by atoms with van der Waals surface area (Å²) in [7, 11) is 0. The molecule has 0 heterocycles. The van der Waals surface area contributed by atoms with Crippen molar-refractivity contribution in [3.63, 3.8) is 0 Å². The summed E-state index contributed by atoms with van der Waals surface area (Å²) in [4.78, 5) is 0. The number of benzene rings is 4. The molecule has 0 aromatic heterocycles. The van der Waals surface area contributed by atoms with Gasteiger partial charge in [-0.3, -0.25) is 0 Å². The minimum Gasteiger partial charge on any atom is -0.166 e. The Morgan fingerprint density at radius 1 is 0.818 bits per heavy atom. The van der Waals surface area contributed by atoms with Gasteiger partial charge in [-0.25, -0.2) is 0 Å². The van der Waals surface area contributed by atoms with Gasteiger partial charge in [0.25, 0.3) is 0 Å². The number of alkyl halides is 3. The summed E-state index contributed by atoms with van der Waals surface area (Å²) in [6.07, 6.45) is 0.138. The van der Waals surface area contributed by atoms with Crippen LogP contribution in [0.25, 0.3) is 16.8 Å². The zero-order valence-corrected chi connectivity index (χ0v) is 18.6. The van der Waals surface area contributed by atoms with Gasteiger partial charge < -0.3 is 0 Å². The molecule has 3 heteroatoms. The van der Waals surface area contributed by atoms with E-state index in [1.54, 1.807) is 6.07 Å². The van der Waals surface area contributed by atoms with E-state index in [0.717, 1.165) is 30.0 Å². The Kier molecular flexibility index (Phi) is 6.98. The number of halogens is 3. The van der Waals surface area contributed by atoms with Crippen LogP contribution in [0.15, 0.2) is 103 Å². The normalized spacial score (nSPS) is 13.3. The third-order valence-electron chi connectivity index (χ3n) is 6.18. The molecule has 33 heavy (non-hydrogen) atoms. The van der Waals surface area contributed by atoms with E-state index in [4.69, 9.17) is 0 Å². The van der Waals surface area contributed by atoms with Crippen LogP contribution in [0.3, 0.4) is 0 Å². The van der Waals surface area contributed by atoms with Crippen molar-refractivity contribution >= 4 is 16.8 Å². The van der Waals surface area contributed by atoms with Gasteiger partial charge in [0.15, 0.2) is 0 Å². The number of rotatable bonds is 7. The van der Waals surface area contributed by atoms with E-state index in [1.165, 1.54) is 34.0 Å². The predicted molar refractivity (Wildman–Crippen MR) is 131 cm³/mol. The Balaban J connectivity index is 1.59. The van der Waals surface area contributed by atoms with Gasteiger partial charge in [0.05, 0.1) is 5.56 Å². The molecule has 0 amide bonds. The largest absolute Gasteiger partial charge is 0.416 e. The lowest BCUT2D eigenvalue weighted by Gasteiger charge is -2.19. The summed E-state index contributed by atoms with van der Waals surface area (Å²) < 4.78 is 39.2. The molecule has 0 saturated heterocycles. The Morgan fingerprint density at radius 2 is 1.52 bits per heavy atom. The second-order valence-corrected chi connectivity index (χ2v) is 8.47. The third-order valence-corrected chi connectivity index (χ3v) is 6.18. The molecule has 0 nitrogen and oxygen atoms in total. The highest BCUT2D eigenvalue weighted by Crippen LogP contribution is 2.34. The van der Waals surface area contributed by atoms with Gasteiger partial charge in [0, 0.05) is 5.92 Å². The van der Waals surface area contributed by atoms with Crippen molar-refractivity contribution in [3.05, 3.63) is 125 Å². The van der Waals surface area contributed by atoms with Crippen molar-refractivity contribution in [2.45, 2.75) is 38.3 Å². The first-order valence-electron chi connectivity index (χ1n) is 11.3. The minimum absolute atomic E-state index is 0.192. The molecule has 4 aromatic carbocycles. The van der Waals surface area contributed by atoms with E-state index in [-0.39, 0.29) is 5.92 Å². The highest BCUT2D eigenvalue weighted by atomic mass is 19.4. The summed E-state index contributed by atoms with van der Waals surface area (Å²) in [6, 6.07) is 30.7. The van der Waals surface area contributed by atoms with Crippen molar-refractivity contribution in [2.24, 2.45) is 0 Å². The molecule has 0 aliphatic carbocycles. The Bertz CT molecular complexity index is 1230. The lowest BCUT2D eigenvalue weighted by atomic mass is 9.85. The molecule has 168 valence electrons. The molecular weight excluding hydrogens is 417 g/mol. The second-order valence-electron chi connectivity index (χ2n) is 8.47. The van der Waals surface area contributed by atoms with Crippen molar-refractivity contribution < 1.29 is 13.2 Å². The predicted octanol–water partition coefficient (Wildman–Crippen LogP) is 9.07. The van der Waals surface area contributed by atoms with Gasteiger partial charge in [-0.2, -0.15) is 13.2 Å². The first kappa shape index (κ1) is 22.8. The van der Waals surface area contributed by atoms with Crippen molar-refractivity contribution in [1.29, 1.82) is 0 Å². The Hall–Kier alpha value is -3.33. The van der Waals surface area contributed by atoms with E-state index in [9.17, 15) is 13.2 Å². The summed E-state index contributed by atoms with van der Waals surface area (Å²) in [5.74, 6) is 0.192. The maximum Gasteiger partial charge on any atom is 0.416 e. The van der Waals surface area contributed by atoms with E-state index in [1.807, 2.05) is 24.3 Å². The second kappa shape index (κ2) is 10.1. The summed E-state index contributed by atoms with van der Waals surface area (Å²) in [5.41, 5.74) is 3.84. The molecule has 0 spiro atoms. The molecule has 4 rings (SSSR count). The lowest BCUT2D eigenvalue weighted by molar-refractivity contribution is -0.137. The first-order valence-corrected chi connectivity index (χ1v) is 11.3. The van der Waals surface area contributed by atoms with E-state index in [0.29, 0.717) is 6.42 Å². The summed E-state index contributed by atoms with van der Waals surface area (Å²) in [6.45, 7) is 2.22. The van der Waals surface area contributed by atoms with Gasteiger partial charge in [0.1, 0.15) is 0 Å². The molecule has 0 bridgehead atoms. The fourth-order valence-corrected chi connectivity index (χ4v) is 4.40. The van der Waals surface area contributed by atoms with Crippen LogP contribution in [-0.2, 0) is 12.6 Å². The zero-order valence-electron chi connectivity index (χ0n) is 18.6. The van der Waals surface area contributed by atoms with Crippen LogP contribution in [0.5, 0.6) is 0 Å². The highest BCUT2D eigenvalue weighted by molar-refractivity contribution is 5.86. The number of aryl methyl sites for hydroxylation is 1. The van der Waals surface area contributed by atoms with Crippen LogP contribution < -0.4 is 0 Å². The molecule has 0 aliphatic rings. The molecule has 1 atom stereocenters. The molecule has 0 aliphatic heterocycles. The third kappa shape index (κ3) is 5.73. The molecule has 0 saturated carbocycles. The molecule has 0 fully saturated rings. The topological polar surface area (TPSA) is 0 Å². The standard InChI is InChI=1S/C30H27F3/c1-22(28-19-9-15-25-14-5-6-18-29(25)28)26(20-23-10-3-2-4-11-23)16-7-12-24-13-8-17-27(21-24)30(31,32)33/h2-6,8-11,13-15,17-22H,7,12,16H2,1H3/b26-20-/t22-/m0/s1. The average Bonchev–Trinajstić information content (AvgIpc) is 2.83. The van der Waals surface area contributed by atoms with E-state index >= 15 is 0 Å². The van der Waals surface area contributed by atoms with Gasteiger partial charge in [-0.05, 0) is 52.8 Å². The molecule has 0 N–H and O–H groups in total. The maximum absolute atomic E-state index is 13.1. The van der Waals surface area contributed by atoms with Crippen LogP contribution >= 0.6 is 0 Å². The molecule has 4 aromatic rings. The van der Waals surface area contributed by atoms with Crippen LogP contribution in [0.4, 0.5) is 13.2 Å². The van der Waals surface area contributed by atoms with Gasteiger partial charge in [-0.15, -0.1) is 0 Å². The molecular formula is C30H27F3. The number of hydrogen-bond donors (Lipinski definition) is 0. The van der Waals surface area contributed by atoms with Crippen molar-refractivity contribution in [2.75, 3.05) is 0 Å². The molecule has 0 radical (unpaired) electrons. The van der Waals surface area contributed by atoms with Crippen molar-refractivity contribution in [1.82, 2.24) is 0 Å². The summed E-state index contributed by atoms with van der Waals surface area (Å²) >= 11 is 0. The fourth-order valence-electron chi connectivity index (χ4n) is 4.40. The van der Waals surface area contributed by atoms with Crippen LogP contribution in [-0.4, -0.2) is 0 Å². The Morgan fingerprint density at radius 3 is 2.30 bits per heavy atom. The smallest absolute Gasteiger partial charge is 0.166 e. The van der Waals surface area contributed by atoms with Gasteiger partial charge in [-0.1, -0.05) is 110 Å². The van der Waals surface area contributed by atoms with Crippen LogP contribution in [0.1, 0.15) is 47.9 Å². The summed E-state index contributed by atoms with van der Waals surface area (Å²) in [5, 5.41) is 2.45. The van der Waals surface area contributed by atoms with Gasteiger partial charge in [0.2, 0.25) is 0 Å². The monoisotopic (exact) mass is 444 g/mol. The van der Waals surface area contributed by atoms with Gasteiger partial charge >= 0.3 is 6.18 Å². The number of hydrogen-bond acceptors (Lipinski definition) is 0. The minimum atomic E-state index is -4.31. The lowest BCUT2D eigenvalue weighted by Crippen LogP contribution is -2.05. The van der Waals surface area contributed by atoms with Crippen molar-refractivity contribution in [3.8, 4) is 0 Å². The fraction of sp³-hybridized carbons (Fsp3) is 0.200. The van der Waals surface area contributed by atoms with Crippen LogP contribution in [0, 0.1) is 0 Å². The SMILES string of the molecule is C[C@@H](/C(=C\c1ccccc1)CCCc1cccc(C(F)(F)F)c1)c1cccc2ccccc12. The first-order chi connectivity index (χ1) is 15.9. The number of allylic oxidation sites excluding steroid dienone is 1.